The molecule has 0 saturated heterocycles. The Kier molecular flexibility index (Phi) is 6.26. The minimum Gasteiger partial charge on any atom is -0.497 e. The van der Waals surface area contributed by atoms with Crippen LogP contribution in [0.5, 0.6) is 11.5 Å². The second-order valence-electron chi connectivity index (χ2n) is 6.46. The van der Waals surface area contributed by atoms with E-state index in [4.69, 9.17) is 15.2 Å². The Bertz CT molecular complexity index is 1240. The fourth-order valence-corrected chi connectivity index (χ4v) is 6.33. The van der Waals surface area contributed by atoms with Crippen LogP contribution < -0.4 is 15.2 Å². The molecule has 0 spiro atoms. The van der Waals surface area contributed by atoms with Crippen LogP contribution in [-0.2, 0) is 0 Å². The molecule has 31 heavy (non-hydrogen) atoms. The second kappa shape index (κ2) is 9.09. The number of nitrogen functional groups attached to an aromatic ring is 1. The number of ether oxygens (including phenoxy) is 2. The number of nitrogens with two attached hydrogens (primary N) is 1. The van der Waals surface area contributed by atoms with Crippen LogP contribution in [0.1, 0.15) is 25.6 Å². The molecule has 4 aromatic rings. The smallest absolute Gasteiger partial charge is 0.205 e. The first-order chi connectivity index (χ1) is 15.0. The number of ketones is 2. The number of Topliss-reactive ketones (excluding diaryl/α,β-unsaturated/α-hetero) is 1. The van der Waals surface area contributed by atoms with Crippen LogP contribution in [0.15, 0.2) is 52.9 Å². The Morgan fingerprint density at radius 1 is 0.935 bits per heavy atom. The third-order valence-electron chi connectivity index (χ3n) is 4.57. The first-order valence-corrected chi connectivity index (χ1v) is 11.8. The van der Waals surface area contributed by atoms with Gasteiger partial charge in [-0.3, -0.25) is 9.59 Å². The van der Waals surface area contributed by atoms with E-state index >= 15 is 0 Å². The number of anilines is 1. The van der Waals surface area contributed by atoms with Gasteiger partial charge in [0.2, 0.25) is 5.78 Å². The predicted molar refractivity (Wildman–Crippen MR) is 126 cm³/mol. The van der Waals surface area contributed by atoms with Gasteiger partial charge in [0, 0.05) is 11.1 Å². The summed E-state index contributed by atoms with van der Waals surface area (Å²) in [7, 11) is 3.16. The number of hydrogen-bond acceptors (Lipinski definition) is 9. The molecule has 0 bridgehead atoms. The number of rotatable bonds is 8. The van der Waals surface area contributed by atoms with Crippen LogP contribution in [0.3, 0.4) is 0 Å². The summed E-state index contributed by atoms with van der Waals surface area (Å²) in [5.74, 6) is 1.53. The fraction of sp³-hybridized carbons (Fsp3) is 0.136. The number of carbonyl (C=O) groups is 2. The molecule has 2 aromatic heterocycles. The van der Waals surface area contributed by atoms with E-state index in [1.54, 1.807) is 62.8 Å². The number of methoxy groups -OCH3 is 2. The monoisotopic (exact) mass is 470 g/mol. The normalized spacial score (nSPS) is 10.9. The number of fused-ring (bicyclic) bond motifs is 1. The zero-order valence-electron chi connectivity index (χ0n) is 16.7. The van der Waals surface area contributed by atoms with Crippen molar-refractivity contribution in [2.24, 2.45) is 0 Å². The van der Waals surface area contributed by atoms with Crippen LogP contribution in [0.25, 0.3) is 9.53 Å². The Hall–Kier alpha value is -2.88. The molecule has 9 heteroatoms. The molecule has 0 aliphatic heterocycles. The lowest BCUT2D eigenvalue weighted by Gasteiger charge is -2.03. The van der Waals surface area contributed by atoms with Gasteiger partial charge in [0.1, 0.15) is 25.9 Å². The maximum absolute atomic E-state index is 12.8. The maximum atomic E-state index is 12.8. The Labute approximate surface area is 191 Å². The highest BCUT2D eigenvalue weighted by atomic mass is 32.2. The van der Waals surface area contributed by atoms with Crippen molar-refractivity contribution in [2.45, 2.75) is 4.34 Å². The van der Waals surface area contributed by atoms with Crippen molar-refractivity contribution in [2.75, 3.05) is 25.7 Å². The zero-order chi connectivity index (χ0) is 22.0. The van der Waals surface area contributed by atoms with Crippen LogP contribution in [0.2, 0.25) is 0 Å². The van der Waals surface area contributed by atoms with Crippen molar-refractivity contribution in [1.82, 2.24) is 4.98 Å². The minimum absolute atomic E-state index is 0.00884. The average Bonchev–Trinajstić information content (AvgIpc) is 3.35. The summed E-state index contributed by atoms with van der Waals surface area (Å²) in [6.45, 7) is 0. The summed E-state index contributed by atoms with van der Waals surface area (Å²) >= 11 is 4.14. The number of thiazole rings is 1. The second-order valence-corrected chi connectivity index (χ2v) is 9.96. The van der Waals surface area contributed by atoms with Gasteiger partial charge in [-0.15, -0.1) is 11.3 Å². The van der Waals surface area contributed by atoms with Gasteiger partial charge in [-0.05, 0) is 48.5 Å². The molecule has 4 rings (SSSR count). The lowest BCUT2D eigenvalue weighted by Crippen LogP contribution is -2.02. The first-order valence-electron chi connectivity index (χ1n) is 9.17. The number of hydrogen-bond donors (Lipinski definition) is 1. The number of nitrogens with zero attached hydrogens (tertiary/aromatic N) is 1. The molecule has 0 amide bonds. The van der Waals surface area contributed by atoms with Crippen molar-refractivity contribution in [3.05, 3.63) is 64.5 Å². The fourth-order valence-electron chi connectivity index (χ4n) is 2.87. The summed E-state index contributed by atoms with van der Waals surface area (Å²) in [5.41, 5.74) is 8.41. The third kappa shape index (κ3) is 4.43. The molecule has 6 nitrogen and oxygen atoms in total. The molecule has 0 saturated carbocycles. The van der Waals surface area contributed by atoms with Gasteiger partial charge in [-0.25, -0.2) is 4.98 Å². The quantitative estimate of drug-likeness (QED) is 0.281. The number of thiophene rings is 1. The largest absolute Gasteiger partial charge is 0.497 e. The standard InChI is InChI=1S/C22H18N2O4S3/c1-27-14-7-3-12(4-8-14)16(25)11-29-22-24-18-17(23)20(30-21(18)31-22)19(26)13-5-9-15(28-2)10-6-13/h3-10H,11,23H2,1-2H3. The molecule has 158 valence electrons. The van der Waals surface area contributed by atoms with E-state index in [1.165, 1.54) is 34.4 Å². The van der Waals surface area contributed by atoms with Crippen molar-refractivity contribution in [3.8, 4) is 11.5 Å². The molecule has 2 heterocycles. The number of carbonyl (C=O) groups excluding carboxylic acids is 2. The van der Waals surface area contributed by atoms with Gasteiger partial charge in [-0.2, -0.15) is 0 Å². The van der Waals surface area contributed by atoms with E-state index in [2.05, 4.69) is 4.98 Å². The Morgan fingerprint density at radius 3 is 2.06 bits per heavy atom. The van der Waals surface area contributed by atoms with Crippen LogP contribution in [-0.4, -0.2) is 36.5 Å². The molecule has 2 aromatic carbocycles. The molecule has 0 atom stereocenters. The summed E-state index contributed by atoms with van der Waals surface area (Å²) in [5, 5.41) is 0. The summed E-state index contributed by atoms with van der Waals surface area (Å²) < 4.78 is 11.9. The van der Waals surface area contributed by atoms with Gasteiger partial charge in [0.15, 0.2) is 10.1 Å². The maximum Gasteiger partial charge on any atom is 0.205 e. The summed E-state index contributed by atoms with van der Waals surface area (Å²) in [6, 6.07) is 13.9. The van der Waals surface area contributed by atoms with E-state index in [9.17, 15) is 9.59 Å². The SMILES string of the molecule is COc1ccc(C(=O)CSc2nc3c(N)c(C(=O)c4ccc(OC)cc4)sc3s2)cc1. The van der Waals surface area contributed by atoms with Gasteiger partial charge >= 0.3 is 0 Å². The number of benzene rings is 2. The van der Waals surface area contributed by atoms with Gasteiger partial charge in [0.05, 0.1) is 25.7 Å². The van der Waals surface area contributed by atoms with Gasteiger partial charge < -0.3 is 15.2 Å². The molecule has 0 aliphatic rings. The average molecular weight is 471 g/mol. The molecule has 0 fully saturated rings. The molecular formula is C22H18N2O4S3. The summed E-state index contributed by atoms with van der Waals surface area (Å²) in [6.07, 6.45) is 0. The minimum atomic E-state index is -0.140. The highest BCUT2D eigenvalue weighted by Gasteiger charge is 2.21. The highest BCUT2D eigenvalue weighted by Crippen LogP contribution is 2.41. The number of aromatic nitrogens is 1. The Morgan fingerprint density at radius 2 is 1.52 bits per heavy atom. The van der Waals surface area contributed by atoms with E-state index < -0.39 is 0 Å². The molecule has 0 aliphatic carbocycles. The van der Waals surface area contributed by atoms with E-state index in [1.807, 2.05) is 0 Å². The van der Waals surface area contributed by atoms with Crippen molar-refractivity contribution >= 4 is 61.2 Å². The van der Waals surface area contributed by atoms with Gasteiger partial charge in [0.25, 0.3) is 0 Å². The lowest BCUT2D eigenvalue weighted by atomic mass is 10.1. The van der Waals surface area contributed by atoms with Gasteiger partial charge in [-0.1, -0.05) is 23.1 Å². The zero-order valence-corrected chi connectivity index (χ0v) is 19.2. The molecule has 0 unspecified atom stereocenters. The lowest BCUT2D eigenvalue weighted by molar-refractivity contribution is 0.101. The molecule has 0 radical (unpaired) electrons. The predicted octanol–water partition coefficient (Wildman–Crippen LogP) is 5.16. The van der Waals surface area contributed by atoms with E-state index in [0.717, 1.165) is 8.35 Å². The van der Waals surface area contributed by atoms with Crippen LogP contribution in [0, 0.1) is 0 Å². The van der Waals surface area contributed by atoms with Crippen LogP contribution in [0.4, 0.5) is 5.69 Å². The van der Waals surface area contributed by atoms with E-state index in [-0.39, 0.29) is 17.3 Å². The highest BCUT2D eigenvalue weighted by molar-refractivity contribution is 8.01. The van der Waals surface area contributed by atoms with E-state index in [0.29, 0.717) is 38.7 Å². The Balaban J connectivity index is 1.47. The van der Waals surface area contributed by atoms with Crippen molar-refractivity contribution in [3.63, 3.8) is 0 Å². The molecule has 2 N–H and O–H groups in total. The van der Waals surface area contributed by atoms with Crippen molar-refractivity contribution < 1.29 is 19.1 Å². The number of thioether (sulfide) groups is 1. The third-order valence-corrected chi connectivity index (χ3v) is 8.05. The van der Waals surface area contributed by atoms with Crippen LogP contribution >= 0.6 is 34.4 Å². The van der Waals surface area contributed by atoms with Crippen molar-refractivity contribution in [1.29, 1.82) is 0 Å². The topological polar surface area (TPSA) is 91.5 Å². The summed E-state index contributed by atoms with van der Waals surface area (Å²) in [4.78, 5) is 30.3. The molecular weight excluding hydrogens is 452 g/mol. The first kappa shape index (κ1) is 21.4.